The van der Waals surface area contributed by atoms with Crippen LogP contribution in [0.1, 0.15) is 38.5 Å². The summed E-state index contributed by atoms with van der Waals surface area (Å²) in [6, 6.07) is 15.5. The number of carbonyl (C=O) groups is 1. The fourth-order valence-electron chi connectivity index (χ4n) is 3.07. The predicted octanol–water partition coefficient (Wildman–Crippen LogP) is 6.00. The zero-order valence-corrected chi connectivity index (χ0v) is 17.9. The van der Waals surface area contributed by atoms with Gasteiger partial charge in [0.25, 0.3) is 5.91 Å². The van der Waals surface area contributed by atoms with Gasteiger partial charge in [-0.1, -0.05) is 47.5 Å². The Bertz CT molecular complexity index is 1170. The number of aryl methyl sites for hydroxylation is 2. The molecule has 0 heterocycles. The molecule has 1 amide bonds. The zero-order valence-electron chi connectivity index (χ0n) is 16.2. The summed E-state index contributed by atoms with van der Waals surface area (Å²) in [6.07, 6.45) is 0. The van der Waals surface area contributed by atoms with Gasteiger partial charge in [-0.2, -0.15) is 5.26 Å². The smallest absolute Gasteiger partial charge is 0.256 e. The van der Waals surface area contributed by atoms with Crippen LogP contribution in [0.4, 0.5) is 10.1 Å². The molecule has 3 aromatic rings. The molecule has 0 spiro atoms. The molecule has 0 aliphatic rings. The monoisotopic (exact) mass is 440 g/mol. The number of amides is 1. The van der Waals surface area contributed by atoms with Crippen molar-refractivity contribution >= 4 is 35.8 Å². The number of halogens is 2. The standard InChI is InChI=1S/C23H18ClFN2O2S/c1-12-3-5-14(6-4-12)17(11-26)16-9-13(2)20(10-18(16)24)27-23(29)15-7-8-19(25)21(28)22(15)30/h3-10,17,28,30H,1-2H3,(H,27,29). The molecule has 1 atom stereocenters. The van der Waals surface area contributed by atoms with Gasteiger partial charge in [-0.25, -0.2) is 4.39 Å². The van der Waals surface area contributed by atoms with E-state index in [-0.39, 0.29) is 10.5 Å². The maximum Gasteiger partial charge on any atom is 0.256 e. The van der Waals surface area contributed by atoms with Crippen LogP contribution in [0.3, 0.4) is 0 Å². The highest BCUT2D eigenvalue weighted by molar-refractivity contribution is 7.80. The molecule has 2 N–H and O–H groups in total. The molecule has 0 fully saturated rings. The highest BCUT2D eigenvalue weighted by Gasteiger charge is 2.20. The number of anilines is 1. The third kappa shape index (κ3) is 4.28. The summed E-state index contributed by atoms with van der Waals surface area (Å²) in [4.78, 5) is 12.4. The first kappa shape index (κ1) is 21.7. The number of rotatable bonds is 4. The summed E-state index contributed by atoms with van der Waals surface area (Å²) < 4.78 is 13.4. The van der Waals surface area contributed by atoms with Gasteiger partial charge in [0.1, 0.15) is 0 Å². The second-order valence-corrected chi connectivity index (χ2v) is 7.76. The van der Waals surface area contributed by atoms with Gasteiger partial charge in [0.2, 0.25) is 0 Å². The Kier molecular flexibility index (Phi) is 6.35. The van der Waals surface area contributed by atoms with Crippen molar-refractivity contribution < 1.29 is 14.3 Å². The number of aromatic hydroxyl groups is 1. The van der Waals surface area contributed by atoms with Crippen LogP contribution in [0.5, 0.6) is 5.75 Å². The van der Waals surface area contributed by atoms with Gasteiger partial charge in [0, 0.05) is 10.7 Å². The van der Waals surface area contributed by atoms with Crippen LogP contribution in [-0.4, -0.2) is 11.0 Å². The molecule has 0 saturated heterocycles. The second-order valence-electron chi connectivity index (χ2n) is 6.91. The van der Waals surface area contributed by atoms with Crippen molar-refractivity contribution in [1.29, 1.82) is 5.26 Å². The second kappa shape index (κ2) is 8.78. The lowest BCUT2D eigenvalue weighted by Crippen LogP contribution is -2.14. The number of benzene rings is 3. The topological polar surface area (TPSA) is 73.1 Å². The van der Waals surface area contributed by atoms with Gasteiger partial charge >= 0.3 is 0 Å². The van der Waals surface area contributed by atoms with Gasteiger partial charge < -0.3 is 10.4 Å². The minimum Gasteiger partial charge on any atom is -0.504 e. The first-order valence-corrected chi connectivity index (χ1v) is 9.83. The zero-order chi connectivity index (χ0) is 22.0. The van der Waals surface area contributed by atoms with Crippen molar-refractivity contribution in [3.05, 3.63) is 87.2 Å². The lowest BCUT2D eigenvalue weighted by molar-refractivity contribution is 0.102. The summed E-state index contributed by atoms with van der Waals surface area (Å²) >= 11 is 10.5. The van der Waals surface area contributed by atoms with Gasteiger partial charge in [0.15, 0.2) is 11.6 Å². The van der Waals surface area contributed by atoms with E-state index in [0.717, 1.165) is 17.2 Å². The Morgan fingerprint density at radius 3 is 2.50 bits per heavy atom. The number of thiol groups is 1. The summed E-state index contributed by atoms with van der Waals surface area (Å²) in [7, 11) is 0. The fourth-order valence-corrected chi connectivity index (χ4v) is 3.63. The molecule has 0 aliphatic heterocycles. The van der Waals surface area contributed by atoms with Crippen LogP contribution >= 0.6 is 24.2 Å². The molecule has 30 heavy (non-hydrogen) atoms. The summed E-state index contributed by atoms with van der Waals surface area (Å²) in [6.45, 7) is 3.75. The molecule has 3 rings (SSSR count). The van der Waals surface area contributed by atoms with Gasteiger partial charge in [-0.3, -0.25) is 4.79 Å². The largest absolute Gasteiger partial charge is 0.504 e. The van der Waals surface area contributed by atoms with Gasteiger partial charge in [-0.05, 0) is 48.7 Å². The van der Waals surface area contributed by atoms with E-state index in [4.69, 9.17) is 11.6 Å². The maximum absolute atomic E-state index is 13.4. The number of nitriles is 1. The molecule has 3 aromatic carbocycles. The summed E-state index contributed by atoms with van der Waals surface area (Å²) in [5.41, 5.74) is 3.70. The van der Waals surface area contributed by atoms with Crippen molar-refractivity contribution in [1.82, 2.24) is 0 Å². The minimum atomic E-state index is -0.862. The van der Waals surface area contributed by atoms with E-state index in [0.29, 0.717) is 21.8 Å². The van der Waals surface area contributed by atoms with Crippen molar-refractivity contribution in [2.45, 2.75) is 24.7 Å². The Hall–Kier alpha value is -3.01. The molecular weight excluding hydrogens is 423 g/mol. The highest BCUT2D eigenvalue weighted by atomic mass is 35.5. The molecule has 7 heteroatoms. The van der Waals surface area contributed by atoms with E-state index in [1.54, 1.807) is 19.1 Å². The van der Waals surface area contributed by atoms with Crippen molar-refractivity contribution in [2.75, 3.05) is 5.32 Å². The Morgan fingerprint density at radius 1 is 1.20 bits per heavy atom. The number of hydrogen-bond donors (Lipinski definition) is 3. The normalized spacial score (nSPS) is 11.6. The number of phenolic OH excluding ortho intramolecular Hbond substituents is 1. The molecule has 0 aliphatic carbocycles. The van der Waals surface area contributed by atoms with Crippen LogP contribution < -0.4 is 5.32 Å². The van der Waals surface area contributed by atoms with E-state index in [1.165, 1.54) is 6.07 Å². The molecular formula is C23H18ClFN2O2S. The average Bonchev–Trinajstić information content (AvgIpc) is 2.71. The molecule has 0 saturated carbocycles. The molecule has 0 aromatic heterocycles. The Balaban J connectivity index is 1.93. The van der Waals surface area contributed by atoms with Crippen LogP contribution in [0.2, 0.25) is 5.02 Å². The summed E-state index contributed by atoms with van der Waals surface area (Å²) in [5.74, 6) is -2.68. The number of nitrogens with one attached hydrogen (secondary N) is 1. The van der Waals surface area contributed by atoms with Crippen LogP contribution in [0.15, 0.2) is 53.4 Å². The number of phenols is 1. The fraction of sp³-hybridized carbons (Fsp3) is 0.130. The number of nitrogens with zero attached hydrogens (tertiary/aromatic N) is 1. The minimum absolute atomic E-state index is 0.0198. The molecule has 0 bridgehead atoms. The van der Waals surface area contributed by atoms with Crippen LogP contribution in [0, 0.1) is 31.0 Å². The van der Waals surface area contributed by atoms with E-state index >= 15 is 0 Å². The number of hydrogen-bond acceptors (Lipinski definition) is 4. The maximum atomic E-state index is 13.4. The average molecular weight is 441 g/mol. The van der Waals surface area contributed by atoms with Crippen LogP contribution in [-0.2, 0) is 0 Å². The molecule has 0 radical (unpaired) electrons. The Morgan fingerprint density at radius 2 is 1.87 bits per heavy atom. The first-order chi connectivity index (χ1) is 14.2. The summed E-state index contributed by atoms with van der Waals surface area (Å²) in [5, 5.41) is 22.4. The third-order valence-corrected chi connectivity index (χ3v) is 5.57. The van der Waals surface area contributed by atoms with E-state index in [9.17, 15) is 19.6 Å². The lowest BCUT2D eigenvalue weighted by Gasteiger charge is -2.16. The van der Waals surface area contributed by atoms with Gasteiger partial charge in [0.05, 0.1) is 22.4 Å². The van der Waals surface area contributed by atoms with Crippen molar-refractivity contribution in [3.63, 3.8) is 0 Å². The van der Waals surface area contributed by atoms with Crippen molar-refractivity contribution in [3.8, 4) is 11.8 Å². The van der Waals surface area contributed by atoms with E-state index in [1.807, 2.05) is 31.2 Å². The SMILES string of the molecule is Cc1ccc(C(C#N)c2cc(C)c(NC(=O)c3ccc(F)c(O)c3S)cc2Cl)cc1. The molecule has 1 unspecified atom stereocenters. The van der Waals surface area contributed by atoms with E-state index < -0.39 is 23.4 Å². The first-order valence-electron chi connectivity index (χ1n) is 9.01. The highest BCUT2D eigenvalue weighted by Crippen LogP contribution is 2.35. The quantitative estimate of drug-likeness (QED) is 0.436. The Labute approximate surface area is 184 Å². The number of carbonyl (C=O) groups excluding carboxylic acids is 1. The lowest BCUT2D eigenvalue weighted by atomic mass is 9.90. The van der Waals surface area contributed by atoms with Crippen LogP contribution in [0.25, 0.3) is 0 Å². The molecule has 4 nitrogen and oxygen atoms in total. The van der Waals surface area contributed by atoms with Crippen molar-refractivity contribution in [2.24, 2.45) is 0 Å². The third-order valence-electron chi connectivity index (χ3n) is 4.79. The predicted molar refractivity (Wildman–Crippen MR) is 118 cm³/mol. The van der Waals surface area contributed by atoms with E-state index in [2.05, 4.69) is 24.0 Å². The van der Waals surface area contributed by atoms with Gasteiger partial charge in [-0.15, -0.1) is 12.6 Å². The molecule has 152 valence electrons.